The van der Waals surface area contributed by atoms with E-state index in [4.69, 9.17) is 4.74 Å². The fraction of sp³-hybridized carbons (Fsp3) is 0.316. The molecule has 130 valence electrons. The molecule has 1 N–H and O–H groups in total. The Bertz CT molecular complexity index is 900. The van der Waals surface area contributed by atoms with Crippen LogP contribution in [0.2, 0.25) is 0 Å². The molecule has 1 aromatic carbocycles. The number of methoxy groups -OCH3 is 1. The molecular weight excluding hydrogens is 380 g/mol. The van der Waals surface area contributed by atoms with Gasteiger partial charge in [-0.15, -0.1) is 0 Å². The Balaban J connectivity index is 1.69. The van der Waals surface area contributed by atoms with Gasteiger partial charge in [0.2, 0.25) is 0 Å². The summed E-state index contributed by atoms with van der Waals surface area (Å²) in [5.41, 5.74) is 4.24. The van der Waals surface area contributed by atoms with Crippen molar-refractivity contribution in [1.82, 2.24) is 14.9 Å². The molecule has 1 aliphatic rings. The number of benzene rings is 1. The van der Waals surface area contributed by atoms with Gasteiger partial charge in [-0.05, 0) is 46.7 Å². The molecule has 3 aromatic rings. The van der Waals surface area contributed by atoms with E-state index in [0.717, 1.165) is 64.2 Å². The number of H-pyrrole nitrogens is 1. The summed E-state index contributed by atoms with van der Waals surface area (Å²) in [5.74, 6) is 0.912. The van der Waals surface area contributed by atoms with Gasteiger partial charge >= 0.3 is 0 Å². The Morgan fingerprint density at radius 1 is 1.12 bits per heavy atom. The van der Waals surface area contributed by atoms with Crippen molar-refractivity contribution in [2.24, 2.45) is 0 Å². The van der Waals surface area contributed by atoms with E-state index >= 15 is 0 Å². The Hall–Kier alpha value is -2.05. The molecule has 1 saturated heterocycles. The van der Waals surface area contributed by atoms with Crippen LogP contribution in [0.25, 0.3) is 22.2 Å². The summed E-state index contributed by atoms with van der Waals surface area (Å²) >= 11 is 3.56. The normalized spacial score (nSPS) is 15.7. The lowest BCUT2D eigenvalue weighted by Gasteiger charge is -2.34. The van der Waals surface area contributed by atoms with Gasteiger partial charge in [-0.25, -0.2) is 4.98 Å². The predicted molar refractivity (Wildman–Crippen MR) is 105 cm³/mol. The van der Waals surface area contributed by atoms with Crippen LogP contribution in [0.5, 0.6) is 5.75 Å². The second kappa shape index (κ2) is 6.69. The van der Waals surface area contributed by atoms with E-state index in [-0.39, 0.29) is 0 Å². The Morgan fingerprint density at radius 2 is 1.92 bits per heavy atom. The maximum absolute atomic E-state index is 5.69. The maximum atomic E-state index is 5.69. The minimum Gasteiger partial charge on any atom is -0.495 e. The third-order valence-electron chi connectivity index (χ3n) is 4.84. The molecule has 5 nitrogen and oxygen atoms in total. The van der Waals surface area contributed by atoms with Crippen LogP contribution in [0.1, 0.15) is 0 Å². The van der Waals surface area contributed by atoms with Crippen LogP contribution in [0.3, 0.4) is 0 Å². The molecular formula is C19H21BrN4O. The molecule has 6 heteroatoms. The summed E-state index contributed by atoms with van der Waals surface area (Å²) in [6, 6.07) is 8.57. The van der Waals surface area contributed by atoms with Crippen molar-refractivity contribution in [2.45, 2.75) is 0 Å². The molecule has 25 heavy (non-hydrogen) atoms. The fourth-order valence-corrected chi connectivity index (χ4v) is 3.71. The van der Waals surface area contributed by atoms with Crippen molar-refractivity contribution in [2.75, 3.05) is 45.2 Å². The smallest absolute Gasteiger partial charge is 0.142 e. The first-order valence-corrected chi connectivity index (χ1v) is 9.19. The van der Waals surface area contributed by atoms with E-state index in [1.54, 1.807) is 7.11 Å². The highest BCUT2D eigenvalue weighted by Crippen LogP contribution is 2.35. The van der Waals surface area contributed by atoms with Crippen LogP contribution in [0.4, 0.5) is 5.69 Å². The molecule has 0 unspecified atom stereocenters. The second-order valence-corrected chi connectivity index (χ2v) is 7.29. The summed E-state index contributed by atoms with van der Waals surface area (Å²) in [5, 5.41) is 1.08. The third-order valence-corrected chi connectivity index (χ3v) is 5.49. The van der Waals surface area contributed by atoms with Crippen LogP contribution in [0.15, 0.2) is 41.1 Å². The molecule has 0 aliphatic carbocycles. The number of hydrogen-bond donors (Lipinski definition) is 1. The van der Waals surface area contributed by atoms with Gasteiger partial charge in [0, 0.05) is 54.0 Å². The van der Waals surface area contributed by atoms with Crippen molar-refractivity contribution >= 4 is 32.7 Å². The van der Waals surface area contributed by atoms with E-state index in [0.29, 0.717) is 0 Å². The molecule has 4 rings (SSSR count). The predicted octanol–water partition coefficient (Wildman–Crippen LogP) is 3.75. The monoisotopic (exact) mass is 400 g/mol. The molecule has 0 bridgehead atoms. The number of pyridine rings is 1. The summed E-state index contributed by atoms with van der Waals surface area (Å²) in [6.45, 7) is 4.20. The van der Waals surface area contributed by atoms with Gasteiger partial charge < -0.3 is 19.5 Å². The highest BCUT2D eigenvalue weighted by molar-refractivity contribution is 9.10. The number of likely N-dealkylation sites (N-methyl/N-ethyl adjacent to an activating group) is 1. The molecule has 0 atom stereocenters. The SMILES string of the molecule is COc1cc(-c2cnc3[nH]cc(Br)c3c2)ccc1N1CCN(C)CC1. The first-order chi connectivity index (χ1) is 12.2. The van der Waals surface area contributed by atoms with Gasteiger partial charge in [0.05, 0.1) is 12.8 Å². The van der Waals surface area contributed by atoms with Gasteiger partial charge in [-0.2, -0.15) is 0 Å². The lowest BCUT2D eigenvalue weighted by molar-refractivity contribution is 0.311. The standard InChI is InChI=1S/C19H21BrN4O/c1-23-5-7-24(8-6-23)17-4-3-13(10-18(17)25-2)14-9-15-16(20)12-22-19(15)21-11-14/h3-4,9-12H,5-8H2,1-2H3,(H,21,22). The van der Waals surface area contributed by atoms with E-state index in [9.17, 15) is 0 Å². The van der Waals surface area contributed by atoms with Gasteiger partial charge in [-0.3, -0.25) is 0 Å². The minimum atomic E-state index is 0.886. The highest BCUT2D eigenvalue weighted by atomic mass is 79.9. The number of ether oxygens (including phenoxy) is 1. The molecule has 0 saturated carbocycles. The number of halogens is 1. The molecule has 3 heterocycles. The van der Waals surface area contributed by atoms with Gasteiger partial charge in [0.15, 0.2) is 0 Å². The summed E-state index contributed by atoms with van der Waals surface area (Å²) in [4.78, 5) is 12.4. The zero-order valence-electron chi connectivity index (χ0n) is 14.4. The van der Waals surface area contributed by atoms with Gasteiger partial charge in [0.1, 0.15) is 11.4 Å². The molecule has 2 aromatic heterocycles. The van der Waals surface area contributed by atoms with Gasteiger partial charge in [0.25, 0.3) is 0 Å². The Morgan fingerprint density at radius 3 is 2.68 bits per heavy atom. The van der Waals surface area contributed by atoms with Crippen molar-refractivity contribution in [1.29, 1.82) is 0 Å². The summed E-state index contributed by atoms with van der Waals surface area (Å²) in [7, 11) is 3.91. The van der Waals surface area contributed by atoms with E-state index in [1.165, 1.54) is 0 Å². The Labute approximate surface area is 155 Å². The molecule has 1 fully saturated rings. The van der Waals surface area contributed by atoms with Crippen LogP contribution >= 0.6 is 15.9 Å². The van der Waals surface area contributed by atoms with Gasteiger partial charge in [-0.1, -0.05) is 6.07 Å². The lowest BCUT2D eigenvalue weighted by Crippen LogP contribution is -2.44. The molecule has 0 spiro atoms. The van der Waals surface area contributed by atoms with E-state index in [1.807, 2.05) is 12.4 Å². The second-order valence-electron chi connectivity index (χ2n) is 6.43. The first-order valence-electron chi connectivity index (χ1n) is 8.40. The average Bonchev–Trinajstić information content (AvgIpc) is 3.02. The van der Waals surface area contributed by atoms with Crippen molar-refractivity contribution in [3.63, 3.8) is 0 Å². The van der Waals surface area contributed by atoms with Crippen molar-refractivity contribution in [3.05, 3.63) is 41.1 Å². The maximum Gasteiger partial charge on any atom is 0.142 e. The quantitative estimate of drug-likeness (QED) is 0.726. The number of piperazine rings is 1. The number of nitrogens with zero attached hydrogens (tertiary/aromatic N) is 3. The van der Waals surface area contributed by atoms with Crippen LogP contribution in [0, 0.1) is 0 Å². The zero-order valence-corrected chi connectivity index (χ0v) is 16.0. The first kappa shape index (κ1) is 16.4. The number of fused-ring (bicyclic) bond motifs is 1. The number of aromatic amines is 1. The lowest BCUT2D eigenvalue weighted by atomic mass is 10.1. The molecule has 1 aliphatic heterocycles. The largest absolute Gasteiger partial charge is 0.495 e. The fourth-order valence-electron chi connectivity index (χ4n) is 3.29. The van der Waals surface area contributed by atoms with Crippen LogP contribution in [-0.2, 0) is 0 Å². The van der Waals surface area contributed by atoms with Crippen molar-refractivity contribution < 1.29 is 4.74 Å². The number of nitrogens with one attached hydrogen (secondary N) is 1. The van der Waals surface area contributed by atoms with Crippen molar-refractivity contribution in [3.8, 4) is 16.9 Å². The number of rotatable bonds is 3. The third kappa shape index (κ3) is 3.12. The van der Waals surface area contributed by atoms with E-state index in [2.05, 4.69) is 67.0 Å². The topological polar surface area (TPSA) is 44.4 Å². The highest BCUT2D eigenvalue weighted by Gasteiger charge is 2.18. The molecule has 0 amide bonds. The molecule has 0 radical (unpaired) electrons. The average molecular weight is 401 g/mol. The number of aromatic nitrogens is 2. The zero-order chi connectivity index (χ0) is 17.4. The summed E-state index contributed by atoms with van der Waals surface area (Å²) < 4.78 is 6.72. The van der Waals surface area contributed by atoms with Crippen LogP contribution < -0.4 is 9.64 Å². The number of hydrogen-bond acceptors (Lipinski definition) is 4. The van der Waals surface area contributed by atoms with Crippen LogP contribution in [-0.4, -0.2) is 55.2 Å². The van der Waals surface area contributed by atoms with E-state index < -0.39 is 0 Å². The Kier molecular flexibility index (Phi) is 4.39. The number of anilines is 1. The minimum absolute atomic E-state index is 0.886. The summed E-state index contributed by atoms with van der Waals surface area (Å²) in [6.07, 6.45) is 3.81.